The maximum atomic E-state index is 12.3. The number of carboxylic acids is 1. The van der Waals surface area contributed by atoms with Crippen LogP contribution in [0.1, 0.15) is 36.5 Å². The predicted molar refractivity (Wildman–Crippen MR) is 83.7 cm³/mol. The van der Waals surface area contributed by atoms with Crippen molar-refractivity contribution in [3.05, 3.63) is 23.8 Å². The highest BCUT2D eigenvalue weighted by molar-refractivity contribution is 7.89. The van der Waals surface area contributed by atoms with Gasteiger partial charge in [0.15, 0.2) is 0 Å². The Kier molecular flexibility index (Phi) is 7.30. The topological polar surface area (TPSA) is 116 Å². The van der Waals surface area contributed by atoms with Crippen molar-refractivity contribution >= 4 is 21.7 Å². The number of carbonyl (C=O) groups is 1. The van der Waals surface area contributed by atoms with Crippen molar-refractivity contribution < 1.29 is 23.4 Å². The van der Waals surface area contributed by atoms with E-state index in [-0.39, 0.29) is 17.1 Å². The highest BCUT2D eigenvalue weighted by Crippen LogP contribution is 2.23. The number of rotatable bonds is 10. The van der Waals surface area contributed by atoms with E-state index in [2.05, 4.69) is 10.0 Å². The molecule has 0 bridgehead atoms. The fourth-order valence-electron chi connectivity index (χ4n) is 1.79. The van der Waals surface area contributed by atoms with E-state index in [1.54, 1.807) is 0 Å². The standard InChI is InChI=1S/C14H22N2O5S/c1-2-3-8-16-22(20,21)13-10-11(14(18)19)5-6-12(13)15-7-4-9-17/h5-6,10,15-17H,2-4,7-9H2,1H3,(H,18,19). The molecule has 0 spiro atoms. The molecule has 0 aliphatic heterocycles. The third kappa shape index (κ3) is 5.28. The van der Waals surface area contributed by atoms with Gasteiger partial charge in [-0.1, -0.05) is 13.3 Å². The second kappa shape index (κ2) is 8.72. The van der Waals surface area contributed by atoms with Crippen LogP contribution in [0.4, 0.5) is 5.69 Å². The van der Waals surface area contributed by atoms with Crippen LogP contribution in [0.25, 0.3) is 0 Å². The van der Waals surface area contributed by atoms with Crippen molar-refractivity contribution in [1.82, 2.24) is 4.72 Å². The maximum absolute atomic E-state index is 12.3. The molecule has 0 aliphatic rings. The molecule has 0 unspecified atom stereocenters. The van der Waals surface area contributed by atoms with Gasteiger partial charge in [0.25, 0.3) is 0 Å². The summed E-state index contributed by atoms with van der Waals surface area (Å²) >= 11 is 0. The Hall–Kier alpha value is -1.64. The molecular weight excluding hydrogens is 308 g/mol. The molecule has 0 amide bonds. The molecule has 0 saturated heterocycles. The maximum Gasteiger partial charge on any atom is 0.335 e. The van der Waals surface area contributed by atoms with E-state index in [0.717, 1.165) is 12.5 Å². The van der Waals surface area contributed by atoms with Crippen LogP contribution in [0.3, 0.4) is 0 Å². The highest BCUT2D eigenvalue weighted by atomic mass is 32.2. The zero-order valence-electron chi connectivity index (χ0n) is 12.5. The van der Waals surface area contributed by atoms with Gasteiger partial charge < -0.3 is 15.5 Å². The van der Waals surface area contributed by atoms with Gasteiger partial charge in [0.2, 0.25) is 10.0 Å². The van der Waals surface area contributed by atoms with E-state index in [1.807, 2.05) is 6.92 Å². The van der Waals surface area contributed by atoms with Gasteiger partial charge in [-0.3, -0.25) is 0 Å². The van der Waals surface area contributed by atoms with Crippen molar-refractivity contribution in [3.8, 4) is 0 Å². The van der Waals surface area contributed by atoms with Crippen molar-refractivity contribution in [2.24, 2.45) is 0 Å². The van der Waals surface area contributed by atoms with Crippen molar-refractivity contribution in [1.29, 1.82) is 0 Å². The van der Waals surface area contributed by atoms with E-state index in [4.69, 9.17) is 10.2 Å². The number of aliphatic hydroxyl groups excluding tert-OH is 1. The Morgan fingerprint density at radius 1 is 1.23 bits per heavy atom. The molecule has 7 nitrogen and oxygen atoms in total. The molecule has 4 N–H and O–H groups in total. The lowest BCUT2D eigenvalue weighted by Crippen LogP contribution is -2.26. The summed E-state index contributed by atoms with van der Waals surface area (Å²) in [6, 6.07) is 3.90. The minimum absolute atomic E-state index is 0.0168. The summed E-state index contributed by atoms with van der Waals surface area (Å²) in [5, 5.41) is 20.7. The second-order valence-corrected chi connectivity index (χ2v) is 6.51. The molecule has 0 heterocycles. The zero-order chi connectivity index (χ0) is 16.6. The van der Waals surface area contributed by atoms with Gasteiger partial charge in [0, 0.05) is 19.7 Å². The number of sulfonamides is 1. The normalized spacial score (nSPS) is 11.4. The van der Waals surface area contributed by atoms with Crippen molar-refractivity contribution in [2.75, 3.05) is 25.0 Å². The number of carboxylic acid groups (broad SMARTS) is 1. The van der Waals surface area contributed by atoms with Crippen LogP contribution < -0.4 is 10.0 Å². The minimum atomic E-state index is -3.79. The molecule has 1 aromatic carbocycles. The van der Waals surface area contributed by atoms with Gasteiger partial charge in [-0.25, -0.2) is 17.9 Å². The summed E-state index contributed by atoms with van der Waals surface area (Å²) < 4.78 is 27.1. The minimum Gasteiger partial charge on any atom is -0.478 e. The molecule has 0 saturated carbocycles. The largest absolute Gasteiger partial charge is 0.478 e. The van der Waals surface area contributed by atoms with Crippen LogP contribution in [0.5, 0.6) is 0 Å². The van der Waals surface area contributed by atoms with Crippen LogP contribution in [-0.4, -0.2) is 44.3 Å². The second-order valence-electron chi connectivity index (χ2n) is 4.77. The average molecular weight is 330 g/mol. The summed E-state index contributed by atoms with van der Waals surface area (Å²) in [7, 11) is -3.79. The Bertz CT molecular complexity index is 601. The fraction of sp³-hybridized carbons (Fsp3) is 0.500. The van der Waals surface area contributed by atoms with Crippen LogP contribution in [0.2, 0.25) is 0 Å². The summed E-state index contributed by atoms with van der Waals surface area (Å²) in [6.45, 7) is 2.62. The molecule has 124 valence electrons. The molecule has 1 rings (SSSR count). The number of hydrogen-bond donors (Lipinski definition) is 4. The monoisotopic (exact) mass is 330 g/mol. The van der Waals surface area contributed by atoms with Gasteiger partial charge in [-0.15, -0.1) is 0 Å². The summed E-state index contributed by atoms with van der Waals surface area (Å²) in [5.74, 6) is -1.19. The van der Waals surface area contributed by atoms with E-state index in [1.165, 1.54) is 12.1 Å². The molecular formula is C14H22N2O5S. The summed E-state index contributed by atoms with van der Waals surface area (Å²) in [4.78, 5) is 10.9. The number of aliphatic hydroxyl groups is 1. The van der Waals surface area contributed by atoms with E-state index < -0.39 is 16.0 Å². The third-order valence-electron chi connectivity index (χ3n) is 2.99. The van der Waals surface area contributed by atoms with Crippen molar-refractivity contribution in [3.63, 3.8) is 0 Å². The third-order valence-corrected chi connectivity index (χ3v) is 4.49. The quantitative estimate of drug-likeness (QED) is 0.480. The summed E-state index contributed by atoms with van der Waals surface area (Å²) in [6.07, 6.45) is 2.01. The zero-order valence-corrected chi connectivity index (χ0v) is 13.3. The van der Waals surface area contributed by atoms with Crippen molar-refractivity contribution in [2.45, 2.75) is 31.1 Å². The number of anilines is 1. The number of unbranched alkanes of at least 4 members (excludes halogenated alkanes) is 1. The fourth-order valence-corrected chi connectivity index (χ4v) is 3.07. The van der Waals surface area contributed by atoms with Gasteiger partial charge in [0.1, 0.15) is 4.90 Å². The Morgan fingerprint density at radius 3 is 2.55 bits per heavy atom. The highest BCUT2D eigenvalue weighted by Gasteiger charge is 2.20. The van der Waals surface area contributed by atoms with Gasteiger partial charge in [0.05, 0.1) is 11.3 Å². The first kappa shape index (κ1) is 18.4. The van der Waals surface area contributed by atoms with E-state index >= 15 is 0 Å². The van der Waals surface area contributed by atoms with Gasteiger partial charge in [-0.2, -0.15) is 0 Å². The first-order chi connectivity index (χ1) is 10.4. The van der Waals surface area contributed by atoms with Gasteiger partial charge >= 0.3 is 5.97 Å². The predicted octanol–water partition coefficient (Wildman–Crippen LogP) is 1.26. The first-order valence-corrected chi connectivity index (χ1v) is 8.62. The van der Waals surface area contributed by atoms with E-state index in [0.29, 0.717) is 31.6 Å². The lowest BCUT2D eigenvalue weighted by molar-refractivity contribution is 0.0696. The molecule has 0 radical (unpaired) electrons. The smallest absolute Gasteiger partial charge is 0.335 e. The molecule has 8 heteroatoms. The lowest BCUT2D eigenvalue weighted by atomic mass is 10.2. The van der Waals surface area contributed by atoms with Crippen LogP contribution in [-0.2, 0) is 10.0 Å². The molecule has 0 aromatic heterocycles. The van der Waals surface area contributed by atoms with Crippen LogP contribution >= 0.6 is 0 Å². The first-order valence-electron chi connectivity index (χ1n) is 7.14. The molecule has 0 fully saturated rings. The Balaban J connectivity index is 3.09. The summed E-state index contributed by atoms with van der Waals surface area (Å²) in [5.41, 5.74) is 0.228. The average Bonchev–Trinajstić information content (AvgIpc) is 2.47. The molecule has 0 aliphatic carbocycles. The number of hydrogen-bond acceptors (Lipinski definition) is 5. The molecule has 1 aromatic rings. The van der Waals surface area contributed by atoms with Crippen LogP contribution in [0, 0.1) is 0 Å². The number of nitrogens with one attached hydrogen (secondary N) is 2. The number of benzene rings is 1. The SMILES string of the molecule is CCCCNS(=O)(=O)c1cc(C(=O)O)ccc1NCCCO. The van der Waals surface area contributed by atoms with Gasteiger partial charge in [-0.05, 0) is 31.0 Å². The number of aromatic carboxylic acids is 1. The van der Waals surface area contributed by atoms with Crippen LogP contribution in [0.15, 0.2) is 23.1 Å². The lowest BCUT2D eigenvalue weighted by Gasteiger charge is -2.14. The van der Waals surface area contributed by atoms with E-state index in [9.17, 15) is 13.2 Å². The molecule has 22 heavy (non-hydrogen) atoms. The molecule has 0 atom stereocenters. The Morgan fingerprint density at radius 2 is 1.95 bits per heavy atom. The Labute approximate surface area is 130 Å².